The van der Waals surface area contributed by atoms with E-state index in [2.05, 4.69) is 17.9 Å². The summed E-state index contributed by atoms with van der Waals surface area (Å²) in [7, 11) is 0. The van der Waals surface area contributed by atoms with Crippen LogP contribution in [-0.4, -0.2) is 38.8 Å². The minimum absolute atomic E-state index is 0.0226. The number of piperidine rings is 1. The summed E-state index contributed by atoms with van der Waals surface area (Å²) in [4.78, 5) is 30.7. The van der Waals surface area contributed by atoms with Crippen molar-refractivity contribution in [2.24, 2.45) is 5.92 Å². The molecule has 31 heavy (non-hydrogen) atoms. The lowest BCUT2D eigenvalue weighted by atomic mass is 9.98. The Morgan fingerprint density at radius 3 is 2.61 bits per heavy atom. The zero-order valence-corrected chi connectivity index (χ0v) is 20.5. The second-order valence-electron chi connectivity index (χ2n) is 8.64. The molecule has 0 spiro atoms. The number of carbonyl (C=O) groups excluding carboxylic acids is 1. The number of hydrogen-bond acceptors (Lipinski definition) is 6. The lowest BCUT2D eigenvalue weighted by molar-refractivity contribution is -0.123. The Hall–Kier alpha value is -2.11. The third-order valence-corrected chi connectivity index (χ3v) is 7.20. The molecule has 1 unspecified atom stereocenters. The summed E-state index contributed by atoms with van der Waals surface area (Å²) < 4.78 is 2.28. The number of amides is 1. The number of pyridine rings is 1. The molecule has 1 atom stereocenters. The van der Waals surface area contributed by atoms with Crippen molar-refractivity contribution in [2.75, 3.05) is 18.0 Å². The van der Waals surface area contributed by atoms with Gasteiger partial charge < -0.3 is 4.90 Å². The van der Waals surface area contributed by atoms with Gasteiger partial charge in [0, 0.05) is 31.2 Å². The molecule has 6 nitrogen and oxygen atoms in total. The van der Waals surface area contributed by atoms with E-state index in [1.807, 2.05) is 33.8 Å². The number of nitriles is 1. The molecule has 1 aromatic heterocycles. The van der Waals surface area contributed by atoms with E-state index in [-0.39, 0.29) is 23.1 Å². The van der Waals surface area contributed by atoms with Gasteiger partial charge in [-0.25, -0.2) is 0 Å². The van der Waals surface area contributed by atoms with Gasteiger partial charge in [0.2, 0.25) is 0 Å². The Kier molecular flexibility index (Phi) is 7.28. The first kappa shape index (κ1) is 23.6. The van der Waals surface area contributed by atoms with Crippen molar-refractivity contribution in [2.45, 2.75) is 66.5 Å². The van der Waals surface area contributed by atoms with Crippen molar-refractivity contribution in [1.82, 2.24) is 9.47 Å². The number of anilines is 1. The second kappa shape index (κ2) is 9.58. The lowest BCUT2D eigenvalue weighted by Crippen LogP contribution is -2.40. The first-order chi connectivity index (χ1) is 14.7. The Morgan fingerprint density at radius 2 is 2.06 bits per heavy atom. The number of thiocarbonyl (C=S) groups is 1. The van der Waals surface area contributed by atoms with Crippen LogP contribution in [0.2, 0.25) is 0 Å². The van der Waals surface area contributed by atoms with Gasteiger partial charge in [-0.1, -0.05) is 37.8 Å². The molecule has 0 aliphatic carbocycles. The summed E-state index contributed by atoms with van der Waals surface area (Å²) >= 11 is 6.73. The van der Waals surface area contributed by atoms with E-state index in [0.29, 0.717) is 27.3 Å². The molecule has 3 rings (SSSR count). The molecule has 2 saturated heterocycles. The Balaban J connectivity index is 2.27. The number of hydrogen-bond donors (Lipinski definition) is 0. The summed E-state index contributed by atoms with van der Waals surface area (Å²) in [5, 5.41) is 9.73. The van der Waals surface area contributed by atoms with E-state index in [0.717, 1.165) is 43.7 Å². The number of thioether (sulfide) groups is 1. The Labute approximate surface area is 193 Å². The standard InChI is InChI=1S/C23H30N4O2S2/c1-6-9-26-20(25-10-7-8-15(4)13-25)17(16(5)18(12-24)21(26)28)11-19-22(29)27(14(2)3)23(30)31-19/h11,14-15H,6-10,13H2,1-5H3. The maximum Gasteiger partial charge on any atom is 0.270 e. The van der Waals surface area contributed by atoms with Gasteiger partial charge in [0.25, 0.3) is 11.5 Å². The summed E-state index contributed by atoms with van der Waals surface area (Å²) in [5.41, 5.74) is 1.31. The SMILES string of the molecule is CCCn1c(N2CCCC(C)C2)c(C=C2SC(=S)N(C(C)C)C2=O)c(C)c(C#N)c1=O. The van der Waals surface area contributed by atoms with Gasteiger partial charge in [-0.3, -0.25) is 19.1 Å². The molecule has 166 valence electrons. The second-order valence-corrected chi connectivity index (χ2v) is 10.3. The zero-order chi connectivity index (χ0) is 22.9. The molecule has 0 N–H and O–H groups in total. The fourth-order valence-electron chi connectivity index (χ4n) is 4.35. The van der Waals surface area contributed by atoms with Crippen LogP contribution in [0.25, 0.3) is 6.08 Å². The fraction of sp³-hybridized carbons (Fsp3) is 0.565. The van der Waals surface area contributed by atoms with Gasteiger partial charge in [-0.15, -0.1) is 0 Å². The van der Waals surface area contributed by atoms with Crippen LogP contribution >= 0.6 is 24.0 Å². The highest BCUT2D eigenvalue weighted by molar-refractivity contribution is 8.26. The lowest BCUT2D eigenvalue weighted by Gasteiger charge is -2.36. The van der Waals surface area contributed by atoms with Gasteiger partial charge in [-0.2, -0.15) is 5.26 Å². The number of rotatable bonds is 5. The molecule has 1 aromatic rings. The van der Waals surface area contributed by atoms with E-state index in [4.69, 9.17) is 12.2 Å². The molecule has 3 heterocycles. The summed E-state index contributed by atoms with van der Waals surface area (Å²) in [6.45, 7) is 12.2. The highest BCUT2D eigenvalue weighted by atomic mass is 32.2. The van der Waals surface area contributed by atoms with Crippen LogP contribution in [0.5, 0.6) is 0 Å². The molecule has 8 heteroatoms. The van der Waals surface area contributed by atoms with Crippen LogP contribution in [0.1, 0.15) is 63.6 Å². The largest absolute Gasteiger partial charge is 0.357 e. The molecular formula is C23H30N4O2S2. The maximum absolute atomic E-state index is 13.2. The van der Waals surface area contributed by atoms with Crippen molar-refractivity contribution >= 4 is 46.1 Å². The van der Waals surface area contributed by atoms with E-state index in [9.17, 15) is 14.9 Å². The highest BCUT2D eigenvalue weighted by Crippen LogP contribution is 2.37. The van der Waals surface area contributed by atoms with Gasteiger partial charge >= 0.3 is 0 Å². The van der Waals surface area contributed by atoms with Gasteiger partial charge in [-0.05, 0) is 57.6 Å². The van der Waals surface area contributed by atoms with Crippen molar-refractivity contribution in [3.63, 3.8) is 0 Å². The van der Waals surface area contributed by atoms with Crippen LogP contribution in [0.3, 0.4) is 0 Å². The van der Waals surface area contributed by atoms with Crippen molar-refractivity contribution in [3.05, 3.63) is 31.9 Å². The van der Waals surface area contributed by atoms with Crippen molar-refractivity contribution < 1.29 is 4.79 Å². The maximum atomic E-state index is 13.2. The monoisotopic (exact) mass is 458 g/mol. The molecule has 2 aliphatic heterocycles. The Morgan fingerprint density at radius 1 is 1.35 bits per heavy atom. The van der Waals surface area contributed by atoms with Crippen LogP contribution in [0.4, 0.5) is 5.82 Å². The molecule has 2 fully saturated rings. The number of aromatic nitrogens is 1. The minimum atomic E-state index is -0.248. The zero-order valence-electron chi connectivity index (χ0n) is 18.9. The summed E-state index contributed by atoms with van der Waals surface area (Å²) in [5.74, 6) is 1.22. The fourth-order valence-corrected chi connectivity index (χ4v) is 5.86. The first-order valence-corrected chi connectivity index (χ1v) is 12.1. The summed E-state index contributed by atoms with van der Waals surface area (Å²) in [6.07, 6.45) is 4.83. The average molecular weight is 459 g/mol. The van der Waals surface area contributed by atoms with Gasteiger partial charge in [0.15, 0.2) is 0 Å². The number of nitrogens with zero attached hydrogens (tertiary/aromatic N) is 4. The third-order valence-electron chi connectivity index (χ3n) is 5.87. The Bertz CT molecular complexity index is 1040. The van der Waals surface area contributed by atoms with E-state index < -0.39 is 0 Å². The van der Waals surface area contributed by atoms with E-state index in [1.54, 1.807) is 9.47 Å². The van der Waals surface area contributed by atoms with Crippen LogP contribution in [0.15, 0.2) is 9.70 Å². The molecule has 2 aliphatic rings. The number of carbonyl (C=O) groups is 1. The highest BCUT2D eigenvalue weighted by Gasteiger charge is 2.35. The van der Waals surface area contributed by atoms with Gasteiger partial charge in [0.05, 0.1) is 4.91 Å². The molecule has 0 saturated carbocycles. The quantitative estimate of drug-likeness (QED) is 0.484. The van der Waals surface area contributed by atoms with E-state index >= 15 is 0 Å². The molecule has 0 radical (unpaired) electrons. The topological polar surface area (TPSA) is 69.3 Å². The van der Waals surface area contributed by atoms with Crippen LogP contribution in [0, 0.1) is 24.2 Å². The van der Waals surface area contributed by atoms with Crippen LogP contribution < -0.4 is 10.5 Å². The predicted molar refractivity (Wildman–Crippen MR) is 131 cm³/mol. The predicted octanol–water partition coefficient (Wildman–Crippen LogP) is 4.28. The molecule has 0 aromatic carbocycles. The first-order valence-electron chi connectivity index (χ1n) is 10.9. The molecule has 0 bridgehead atoms. The molecule has 1 amide bonds. The van der Waals surface area contributed by atoms with Gasteiger partial charge in [0.1, 0.15) is 21.8 Å². The van der Waals surface area contributed by atoms with E-state index in [1.165, 1.54) is 11.8 Å². The van der Waals surface area contributed by atoms with Crippen molar-refractivity contribution in [1.29, 1.82) is 5.26 Å². The average Bonchev–Trinajstić information content (AvgIpc) is 2.99. The normalized spacial score (nSPS) is 20.8. The smallest absolute Gasteiger partial charge is 0.270 e. The third kappa shape index (κ3) is 4.44. The van der Waals surface area contributed by atoms with Crippen molar-refractivity contribution in [3.8, 4) is 6.07 Å². The minimum Gasteiger partial charge on any atom is -0.357 e. The summed E-state index contributed by atoms with van der Waals surface area (Å²) in [6, 6.07) is 2.08. The molecular weight excluding hydrogens is 428 g/mol. The van der Waals surface area contributed by atoms with Crippen LogP contribution in [-0.2, 0) is 11.3 Å².